The van der Waals surface area contributed by atoms with E-state index in [0.29, 0.717) is 31.2 Å². The van der Waals surface area contributed by atoms with E-state index in [1.165, 1.54) is 0 Å². The molecule has 0 radical (unpaired) electrons. The van der Waals surface area contributed by atoms with Crippen molar-refractivity contribution in [2.75, 3.05) is 34.4 Å². The zero-order valence-corrected chi connectivity index (χ0v) is 16.1. The van der Waals surface area contributed by atoms with Crippen molar-refractivity contribution in [1.29, 1.82) is 0 Å². The molecule has 2 aromatic rings. The van der Waals surface area contributed by atoms with Gasteiger partial charge in [-0.3, -0.25) is 4.99 Å². The normalized spacial score (nSPS) is 11.3. The molecule has 2 rings (SSSR count). The molecule has 0 aliphatic carbocycles. The third-order valence-electron chi connectivity index (χ3n) is 3.76. The van der Waals surface area contributed by atoms with Gasteiger partial charge in [0.25, 0.3) is 0 Å². The quantitative estimate of drug-likeness (QED) is 0.569. The first-order valence-corrected chi connectivity index (χ1v) is 8.56. The van der Waals surface area contributed by atoms with Crippen molar-refractivity contribution < 1.29 is 14.0 Å². The molecule has 1 aromatic heterocycles. The smallest absolute Gasteiger partial charge is 0.228 e. The Balaban J connectivity index is 2.05. The third-order valence-corrected chi connectivity index (χ3v) is 3.76. The van der Waals surface area contributed by atoms with Gasteiger partial charge in [-0.25, -0.2) is 0 Å². The fourth-order valence-corrected chi connectivity index (χ4v) is 2.48. The number of guanidine groups is 1. The first-order valence-electron chi connectivity index (χ1n) is 8.56. The van der Waals surface area contributed by atoms with Gasteiger partial charge in [0.2, 0.25) is 5.89 Å². The molecule has 0 amide bonds. The van der Waals surface area contributed by atoms with Crippen LogP contribution in [0.25, 0.3) is 0 Å². The van der Waals surface area contributed by atoms with Gasteiger partial charge in [0.15, 0.2) is 11.8 Å². The Morgan fingerprint density at radius 1 is 1.31 bits per heavy atom. The van der Waals surface area contributed by atoms with Crippen LogP contribution in [0.2, 0.25) is 0 Å². The van der Waals surface area contributed by atoms with Crippen molar-refractivity contribution >= 4 is 5.96 Å². The van der Waals surface area contributed by atoms with Crippen LogP contribution in [0.1, 0.15) is 24.2 Å². The van der Waals surface area contributed by atoms with Crippen LogP contribution in [-0.4, -0.2) is 55.4 Å². The second-order valence-corrected chi connectivity index (χ2v) is 5.75. The minimum absolute atomic E-state index is 0.564. The summed E-state index contributed by atoms with van der Waals surface area (Å²) in [4.78, 5) is 10.9. The van der Waals surface area contributed by atoms with Crippen molar-refractivity contribution in [1.82, 2.24) is 20.4 Å². The Hall–Kier alpha value is -2.77. The monoisotopic (exact) mass is 361 g/mol. The molecule has 0 saturated heterocycles. The summed E-state index contributed by atoms with van der Waals surface area (Å²) in [6, 6.07) is 5.80. The molecule has 1 aromatic carbocycles. The number of nitrogens with one attached hydrogen (secondary N) is 1. The van der Waals surface area contributed by atoms with Crippen molar-refractivity contribution in [3.8, 4) is 11.5 Å². The zero-order valence-electron chi connectivity index (χ0n) is 16.1. The van der Waals surface area contributed by atoms with E-state index in [-0.39, 0.29) is 0 Å². The molecule has 0 bridgehead atoms. The number of aryl methyl sites for hydroxylation is 1. The van der Waals surface area contributed by atoms with E-state index in [4.69, 9.17) is 14.0 Å². The molecule has 0 fully saturated rings. The molecular weight excluding hydrogens is 334 g/mol. The van der Waals surface area contributed by atoms with Crippen molar-refractivity contribution in [3.05, 3.63) is 35.5 Å². The van der Waals surface area contributed by atoms with E-state index in [2.05, 4.69) is 20.4 Å². The standard InChI is InChI=1S/C18H27N5O3/c1-6-19-18(20-10-9-17-21-13(2)22-26-17)23(3)12-14-7-8-15(24-4)11-16(14)25-5/h7-8,11H,6,9-10,12H2,1-5H3,(H,19,20). The molecule has 0 atom stereocenters. The summed E-state index contributed by atoms with van der Waals surface area (Å²) in [5, 5.41) is 7.09. The van der Waals surface area contributed by atoms with Crippen LogP contribution in [0.5, 0.6) is 11.5 Å². The number of hydrogen-bond acceptors (Lipinski definition) is 6. The first-order chi connectivity index (χ1) is 12.6. The lowest BCUT2D eigenvalue weighted by molar-refractivity contribution is 0.375. The number of ether oxygens (including phenoxy) is 2. The SMILES string of the molecule is CCNC(=NCCc1nc(C)no1)N(C)Cc1ccc(OC)cc1OC. The minimum atomic E-state index is 0.564. The highest BCUT2D eigenvalue weighted by Gasteiger charge is 2.11. The second-order valence-electron chi connectivity index (χ2n) is 5.75. The van der Waals surface area contributed by atoms with Crippen LogP contribution < -0.4 is 14.8 Å². The number of rotatable bonds is 8. The summed E-state index contributed by atoms with van der Waals surface area (Å²) in [6.45, 7) is 5.84. The largest absolute Gasteiger partial charge is 0.497 e. The molecule has 1 N–H and O–H groups in total. The van der Waals surface area contributed by atoms with Crippen LogP contribution in [0, 0.1) is 6.92 Å². The maximum absolute atomic E-state index is 5.48. The van der Waals surface area contributed by atoms with Crippen LogP contribution in [-0.2, 0) is 13.0 Å². The van der Waals surface area contributed by atoms with E-state index >= 15 is 0 Å². The Morgan fingerprint density at radius 2 is 2.12 bits per heavy atom. The summed E-state index contributed by atoms with van der Waals surface area (Å²) < 4.78 is 15.8. The van der Waals surface area contributed by atoms with Gasteiger partial charge < -0.3 is 24.2 Å². The van der Waals surface area contributed by atoms with Gasteiger partial charge in [-0.05, 0) is 26.0 Å². The molecule has 8 nitrogen and oxygen atoms in total. The van der Waals surface area contributed by atoms with Crippen LogP contribution in [0.15, 0.2) is 27.7 Å². The lowest BCUT2D eigenvalue weighted by Gasteiger charge is -2.23. The maximum Gasteiger partial charge on any atom is 0.228 e. The van der Waals surface area contributed by atoms with Crippen LogP contribution >= 0.6 is 0 Å². The minimum Gasteiger partial charge on any atom is -0.497 e. The Morgan fingerprint density at radius 3 is 2.73 bits per heavy atom. The van der Waals surface area contributed by atoms with Gasteiger partial charge in [-0.2, -0.15) is 4.98 Å². The maximum atomic E-state index is 5.48. The number of aliphatic imine (C=N–C) groups is 1. The highest BCUT2D eigenvalue weighted by Crippen LogP contribution is 2.25. The van der Waals surface area contributed by atoms with Crippen molar-refractivity contribution in [2.45, 2.75) is 26.8 Å². The van der Waals surface area contributed by atoms with Crippen molar-refractivity contribution in [2.24, 2.45) is 4.99 Å². The summed E-state index contributed by atoms with van der Waals surface area (Å²) in [6.07, 6.45) is 0.607. The number of aromatic nitrogens is 2. The number of benzene rings is 1. The third kappa shape index (κ3) is 5.37. The highest BCUT2D eigenvalue weighted by molar-refractivity contribution is 5.79. The highest BCUT2D eigenvalue weighted by atomic mass is 16.5. The number of methoxy groups -OCH3 is 2. The number of hydrogen-bond donors (Lipinski definition) is 1. The fraction of sp³-hybridized carbons (Fsp3) is 0.500. The summed E-state index contributed by atoms with van der Waals surface area (Å²) in [5.41, 5.74) is 1.05. The molecule has 0 aliphatic rings. The summed E-state index contributed by atoms with van der Waals surface area (Å²) in [7, 11) is 5.29. The number of nitrogens with zero attached hydrogens (tertiary/aromatic N) is 4. The molecule has 1 heterocycles. The Labute approximate surface area is 154 Å². The van der Waals surface area contributed by atoms with Crippen LogP contribution in [0.3, 0.4) is 0 Å². The Kier molecular flexibility index (Phi) is 7.25. The molecule has 0 unspecified atom stereocenters. The van der Waals surface area contributed by atoms with Gasteiger partial charge >= 0.3 is 0 Å². The van der Waals surface area contributed by atoms with E-state index in [0.717, 1.165) is 29.6 Å². The predicted molar refractivity (Wildman–Crippen MR) is 99.7 cm³/mol. The van der Waals surface area contributed by atoms with E-state index in [1.54, 1.807) is 21.1 Å². The van der Waals surface area contributed by atoms with E-state index in [9.17, 15) is 0 Å². The molecule has 0 aliphatic heterocycles. The average molecular weight is 361 g/mol. The van der Waals surface area contributed by atoms with Crippen LogP contribution in [0.4, 0.5) is 0 Å². The first kappa shape index (κ1) is 19.6. The fourth-order valence-electron chi connectivity index (χ4n) is 2.48. The molecule has 8 heteroatoms. The molecule has 0 saturated carbocycles. The Bertz CT molecular complexity index is 729. The lowest BCUT2D eigenvalue weighted by atomic mass is 10.2. The summed E-state index contributed by atoms with van der Waals surface area (Å²) in [5.74, 6) is 3.60. The lowest BCUT2D eigenvalue weighted by Crippen LogP contribution is -2.38. The molecular formula is C18H27N5O3. The van der Waals surface area contributed by atoms with Gasteiger partial charge in [-0.15, -0.1) is 0 Å². The van der Waals surface area contributed by atoms with Gasteiger partial charge in [-0.1, -0.05) is 5.16 Å². The van der Waals surface area contributed by atoms with Gasteiger partial charge in [0, 0.05) is 38.2 Å². The summed E-state index contributed by atoms with van der Waals surface area (Å²) >= 11 is 0. The van der Waals surface area contributed by atoms with Gasteiger partial charge in [0.05, 0.1) is 20.8 Å². The predicted octanol–water partition coefficient (Wildman–Crippen LogP) is 2.04. The topological polar surface area (TPSA) is 85.0 Å². The van der Waals surface area contributed by atoms with Gasteiger partial charge in [0.1, 0.15) is 11.5 Å². The van der Waals surface area contributed by atoms with E-state index < -0.39 is 0 Å². The zero-order chi connectivity index (χ0) is 18.9. The van der Waals surface area contributed by atoms with Crippen molar-refractivity contribution in [3.63, 3.8) is 0 Å². The second kappa shape index (κ2) is 9.65. The molecule has 26 heavy (non-hydrogen) atoms. The van der Waals surface area contributed by atoms with E-state index in [1.807, 2.05) is 37.1 Å². The molecule has 142 valence electrons. The average Bonchev–Trinajstić information content (AvgIpc) is 3.06. The molecule has 0 spiro atoms.